The zero-order valence-electron chi connectivity index (χ0n) is 11.7. The first-order valence-electron chi connectivity index (χ1n) is 6.19. The number of rotatable bonds is 8. The second kappa shape index (κ2) is 7.22. The minimum absolute atomic E-state index is 0.0592. The lowest BCUT2D eigenvalue weighted by Crippen LogP contribution is -2.62. The molecule has 0 radical (unpaired) electrons. The van der Waals surface area contributed by atoms with Crippen molar-refractivity contribution in [3.05, 3.63) is 0 Å². The van der Waals surface area contributed by atoms with Crippen molar-refractivity contribution in [3.63, 3.8) is 0 Å². The van der Waals surface area contributed by atoms with Gasteiger partial charge in [-0.1, -0.05) is 13.8 Å². The first kappa shape index (κ1) is 15.8. The van der Waals surface area contributed by atoms with Crippen molar-refractivity contribution in [2.24, 2.45) is 5.84 Å². The molecule has 4 heteroatoms. The number of likely N-dealkylation sites (N-methyl/N-ethyl adjacent to an activating group) is 1. The molecule has 0 aliphatic rings. The van der Waals surface area contributed by atoms with Gasteiger partial charge in [0, 0.05) is 5.54 Å². The van der Waals surface area contributed by atoms with Gasteiger partial charge in [-0.3, -0.25) is 11.3 Å². The van der Waals surface area contributed by atoms with E-state index in [9.17, 15) is 0 Å². The van der Waals surface area contributed by atoms with Crippen LogP contribution in [0.1, 0.15) is 40.5 Å². The van der Waals surface area contributed by atoms with Crippen molar-refractivity contribution < 1.29 is 4.74 Å². The number of nitrogens with one attached hydrogen (secondary N) is 1. The van der Waals surface area contributed by atoms with Crippen LogP contribution in [0.3, 0.4) is 0 Å². The number of nitrogens with two attached hydrogens (primary N) is 1. The quantitative estimate of drug-likeness (QED) is 0.489. The van der Waals surface area contributed by atoms with Gasteiger partial charge in [0.25, 0.3) is 0 Å². The molecule has 0 rings (SSSR count). The normalized spacial score (nSPS) is 14.8. The third-order valence-electron chi connectivity index (χ3n) is 3.56. The van der Waals surface area contributed by atoms with E-state index in [-0.39, 0.29) is 17.7 Å². The van der Waals surface area contributed by atoms with Crippen LogP contribution in [-0.4, -0.2) is 43.3 Å². The molecule has 0 saturated heterocycles. The number of hydrogen-bond donors (Lipinski definition) is 2. The first-order chi connectivity index (χ1) is 7.44. The topological polar surface area (TPSA) is 50.5 Å². The van der Waals surface area contributed by atoms with Crippen LogP contribution < -0.4 is 11.3 Å². The highest BCUT2D eigenvalue weighted by Gasteiger charge is 2.37. The smallest absolute Gasteiger partial charge is 0.0654 e. The number of hydrogen-bond acceptors (Lipinski definition) is 4. The third kappa shape index (κ3) is 3.70. The summed E-state index contributed by atoms with van der Waals surface area (Å²) in [6, 6.07) is 0.153. The van der Waals surface area contributed by atoms with E-state index in [0.717, 1.165) is 12.8 Å². The fraction of sp³-hybridized carbons (Fsp3) is 1.00. The van der Waals surface area contributed by atoms with Crippen molar-refractivity contribution >= 4 is 0 Å². The molecule has 0 aromatic heterocycles. The highest BCUT2D eigenvalue weighted by Crippen LogP contribution is 2.25. The summed E-state index contributed by atoms with van der Waals surface area (Å²) in [7, 11) is 4.21. The SMILES string of the molecule is CCC(CC)(C(COC(C)C)NN)N(C)C. The largest absolute Gasteiger partial charge is 0.377 e. The average molecular weight is 231 g/mol. The van der Waals surface area contributed by atoms with Gasteiger partial charge in [-0.2, -0.15) is 0 Å². The zero-order chi connectivity index (χ0) is 12.8. The summed E-state index contributed by atoms with van der Waals surface area (Å²) < 4.78 is 5.69. The van der Waals surface area contributed by atoms with E-state index in [1.807, 2.05) is 13.8 Å². The number of nitrogens with zero attached hydrogens (tertiary/aromatic N) is 1. The minimum atomic E-state index is 0.0592. The molecule has 0 amide bonds. The van der Waals surface area contributed by atoms with E-state index in [1.165, 1.54) is 0 Å². The maximum Gasteiger partial charge on any atom is 0.0654 e. The molecule has 0 heterocycles. The van der Waals surface area contributed by atoms with E-state index in [2.05, 4.69) is 38.3 Å². The fourth-order valence-corrected chi connectivity index (χ4v) is 2.33. The molecule has 0 aromatic rings. The van der Waals surface area contributed by atoms with Gasteiger partial charge in [0.1, 0.15) is 0 Å². The summed E-state index contributed by atoms with van der Waals surface area (Å²) in [5.41, 5.74) is 2.97. The lowest BCUT2D eigenvalue weighted by atomic mass is 9.84. The molecule has 0 saturated carbocycles. The van der Waals surface area contributed by atoms with Crippen molar-refractivity contribution in [2.45, 2.75) is 58.2 Å². The van der Waals surface area contributed by atoms with E-state index >= 15 is 0 Å². The van der Waals surface area contributed by atoms with E-state index < -0.39 is 0 Å². The highest BCUT2D eigenvalue weighted by molar-refractivity contribution is 4.96. The molecule has 98 valence electrons. The molecular formula is C12H29N3O. The van der Waals surface area contributed by atoms with Crippen LogP contribution in [0.2, 0.25) is 0 Å². The fourth-order valence-electron chi connectivity index (χ4n) is 2.33. The minimum Gasteiger partial charge on any atom is -0.377 e. The Balaban J connectivity index is 4.70. The predicted molar refractivity (Wildman–Crippen MR) is 69.2 cm³/mol. The molecule has 0 bridgehead atoms. The van der Waals surface area contributed by atoms with E-state index in [0.29, 0.717) is 6.61 Å². The van der Waals surface area contributed by atoms with E-state index in [4.69, 9.17) is 10.6 Å². The lowest BCUT2D eigenvalue weighted by Gasteiger charge is -2.44. The Kier molecular flexibility index (Phi) is 7.15. The molecule has 0 aliphatic carbocycles. The highest BCUT2D eigenvalue weighted by atomic mass is 16.5. The van der Waals surface area contributed by atoms with Gasteiger partial charge in [-0.15, -0.1) is 0 Å². The van der Waals surface area contributed by atoms with Gasteiger partial charge in [0.15, 0.2) is 0 Å². The number of hydrazine groups is 1. The molecular weight excluding hydrogens is 202 g/mol. The third-order valence-corrected chi connectivity index (χ3v) is 3.56. The summed E-state index contributed by atoms with van der Waals surface area (Å²) in [6.45, 7) is 9.13. The van der Waals surface area contributed by atoms with Crippen molar-refractivity contribution in [2.75, 3.05) is 20.7 Å². The molecule has 0 aliphatic heterocycles. The molecule has 0 fully saturated rings. The maximum absolute atomic E-state index is 5.69. The van der Waals surface area contributed by atoms with Crippen LogP contribution >= 0.6 is 0 Å². The van der Waals surface area contributed by atoms with Crippen molar-refractivity contribution in [3.8, 4) is 0 Å². The lowest BCUT2D eigenvalue weighted by molar-refractivity contribution is 0.00209. The van der Waals surface area contributed by atoms with Crippen LogP contribution in [0.15, 0.2) is 0 Å². The molecule has 4 nitrogen and oxygen atoms in total. The van der Waals surface area contributed by atoms with Gasteiger partial charge >= 0.3 is 0 Å². The van der Waals surface area contributed by atoms with Crippen LogP contribution in [0, 0.1) is 0 Å². The van der Waals surface area contributed by atoms with Crippen LogP contribution in [0.25, 0.3) is 0 Å². The van der Waals surface area contributed by atoms with Crippen molar-refractivity contribution in [1.82, 2.24) is 10.3 Å². The standard InChI is InChI=1S/C12H29N3O/c1-7-12(8-2,15(5)6)11(14-13)9-16-10(3)4/h10-11,14H,7-9,13H2,1-6H3. The monoisotopic (exact) mass is 231 g/mol. The first-order valence-corrected chi connectivity index (χ1v) is 6.19. The Morgan fingerprint density at radius 1 is 1.25 bits per heavy atom. The summed E-state index contributed by atoms with van der Waals surface area (Å²) in [6.07, 6.45) is 2.34. The van der Waals surface area contributed by atoms with Gasteiger partial charge in [0.05, 0.1) is 18.8 Å². The second-order valence-electron chi connectivity index (χ2n) is 4.81. The van der Waals surface area contributed by atoms with E-state index in [1.54, 1.807) is 0 Å². The molecule has 1 atom stereocenters. The summed E-state index contributed by atoms with van der Waals surface area (Å²) in [5, 5.41) is 0. The Bertz CT molecular complexity index is 179. The summed E-state index contributed by atoms with van der Waals surface area (Å²) in [5.74, 6) is 5.68. The molecule has 1 unspecified atom stereocenters. The summed E-state index contributed by atoms with van der Waals surface area (Å²) in [4.78, 5) is 2.25. The average Bonchev–Trinajstić information content (AvgIpc) is 2.23. The molecule has 3 N–H and O–H groups in total. The van der Waals surface area contributed by atoms with Gasteiger partial charge in [0.2, 0.25) is 0 Å². The summed E-state index contributed by atoms with van der Waals surface area (Å²) >= 11 is 0. The Hall–Kier alpha value is -0.160. The van der Waals surface area contributed by atoms with Crippen molar-refractivity contribution in [1.29, 1.82) is 0 Å². The zero-order valence-corrected chi connectivity index (χ0v) is 11.7. The van der Waals surface area contributed by atoms with Crippen LogP contribution in [0.5, 0.6) is 0 Å². The van der Waals surface area contributed by atoms with Gasteiger partial charge in [-0.25, -0.2) is 0 Å². The van der Waals surface area contributed by atoms with Crippen LogP contribution in [0.4, 0.5) is 0 Å². The predicted octanol–water partition coefficient (Wildman–Crippen LogP) is 1.36. The molecule has 0 aromatic carbocycles. The maximum atomic E-state index is 5.69. The Morgan fingerprint density at radius 3 is 2.00 bits per heavy atom. The molecule has 0 spiro atoms. The van der Waals surface area contributed by atoms with Crippen LogP contribution in [-0.2, 0) is 4.74 Å². The second-order valence-corrected chi connectivity index (χ2v) is 4.81. The Labute approximate surface area is 100 Å². The number of ether oxygens (including phenoxy) is 1. The Morgan fingerprint density at radius 2 is 1.75 bits per heavy atom. The molecule has 16 heavy (non-hydrogen) atoms. The van der Waals surface area contributed by atoms with Gasteiger partial charge < -0.3 is 9.64 Å². The van der Waals surface area contributed by atoms with Gasteiger partial charge in [-0.05, 0) is 40.8 Å².